The summed E-state index contributed by atoms with van der Waals surface area (Å²) in [6.07, 6.45) is 4.82. The molecule has 1 aliphatic carbocycles. The molecule has 0 amide bonds. The fraction of sp³-hybridized carbons (Fsp3) is 0.393. The van der Waals surface area contributed by atoms with E-state index in [9.17, 15) is 18.7 Å². The molecule has 4 aromatic rings. The second-order valence-electron chi connectivity index (χ2n) is 10.6. The average Bonchev–Trinajstić information content (AvgIpc) is 3.50. The van der Waals surface area contributed by atoms with Crippen LogP contribution in [0.3, 0.4) is 0 Å². The van der Waals surface area contributed by atoms with Crippen molar-refractivity contribution in [1.82, 2.24) is 14.9 Å². The number of benzene rings is 2. The summed E-state index contributed by atoms with van der Waals surface area (Å²) in [6, 6.07) is 9.21. The molecule has 1 aliphatic heterocycles. The summed E-state index contributed by atoms with van der Waals surface area (Å²) in [5, 5.41) is 11.4. The van der Waals surface area contributed by atoms with Crippen LogP contribution in [0, 0.1) is 12.3 Å². The highest BCUT2D eigenvalue weighted by molar-refractivity contribution is 6.03. The van der Waals surface area contributed by atoms with Gasteiger partial charge in [-0.25, -0.2) is 13.6 Å². The zero-order valence-corrected chi connectivity index (χ0v) is 20.3. The highest BCUT2D eigenvalue weighted by Crippen LogP contribution is 2.61. The Kier molecular flexibility index (Phi) is 5.16. The minimum Gasteiger partial charge on any atom is -0.496 e. The normalized spacial score (nSPS) is 21.2. The number of ether oxygens (including phenoxy) is 1. The molecular formula is C28H29F2N3O3. The minimum absolute atomic E-state index is 0.0820. The second-order valence-corrected chi connectivity index (χ2v) is 10.6. The van der Waals surface area contributed by atoms with Crippen LogP contribution < -0.4 is 4.74 Å². The number of methoxy groups -OCH3 is 1. The Balaban J connectivity index is 1.44. The maximum atomic E-state index is 14.1. The van der Waals surface area contributed by atoms with Crippen LogP contribution in [0.2, 0.25) is 0 Å². The average molecular weight is 494 g/mol. The van der Waals surface area contributed by atoms with E-state index in [0.717, 1.165) is 38.9 Å². The summed E-state index contributed by atoms with van der Waals surface area (Å²) >= 11 is 0. The van der Waals surface area contributed by atoms with Crippen LogP contribution in [-0.2, 0) is 6.54 Å². The molecule has 6 rings (SSSR count). The second kappa shape index (κ2) is 8.06. The molecule has 3 N–H and O–H groups in total. The number of carboxylic acids is 1. The Morgan fingerprint density at radius 3 is 2.56 bits per heavy atom. The molecule has 1 saturated carbocycles. The summed E-state index contributed by atoms with van der Waals surface area (Å²) in [5.41, 5.74) is 4.77. The van der Waals surface area contributed by atoms with Gasteiger partial charge in [0.25, 0.3) is 0 Å². The van der Waals surface area contributed by atoms with Gasteiger partial charge in [0, 0.05) is 59.7 Å². The molecule has 0 radical (unpaired) electrons. The van der Waals surface area contributed by atoms with E-state index in [1.807, 2.05) is 25.3 Å². The molecule has 2 aliphatic rings. The van der Waals surface area contributed by atoms with Crippen LogP contribution in [0.4, 0.5) is 8.78 Å². The van der Waals surface area contributed by atoms with E-state index in [1.54, 1.807) is 25.4 Å². The summed E-state index contributed by atoms with van der Waals surface area (Å²) < 4.78 is 33.9. The molecular weight excluding hydrogens is 464 g/mol. The highest BCUT2D eigenvalue weighted by Gasteiger charge is 2.58. The number of nitrogens with one attached hydrogen (secondary N) is 2. The number of H-pyrrole nitrogens is 2. The number of rotatable bonds is 5. The van der Waals surface area contributed by atoms with Gasteiger partial charge in [0.1, 0.15) is 5.75 Å². The molecule has 188 valence electrons. The van der Waals surface area contributed by atoms with Crippen LogP contribution in [0.25, 0.3) is 21.8 Å². The van der Waals surface area contributed by atoms with Gasteiger partial charge in [0.15, 0.2) is 0 Å². The summed E-state index contributed by atoms with van der Waals surface area (Å²) in [7, 11) is 1.67. The molecule has 8 heteroatoms. The molecule has 0 unspecified atom stereocenters. The summed E-state index contributed by atoms with van der Waals surface area (Å²) in [6.45, 7) is 3.31. The Bertz CT molecular complexity index is 1480. The van der Waals surface area contributed by atoms with Crippen molar-refractivity contribution in [3.8, 4) is 5.75 Å². The van der Waals surface area contributed by atoms with Crippen molar-refractivity contribution in [2.75, 3.05) is 13.7 Å². The lowest BCUT2D eigenvalue weighted by atomic mass is 9.59. The van der Waals surface area contributed by atoms with Crippen molar-refractivity contribution >= 4 is 27.8 Å². The third-order valence-corrected chi connectivity index (χ3v) is 8.30. The van der Waals surface area contributed by atoms with Crippen LogP contribution in [0.15, 0.2) is 42.7 Å². The molecule has 0 bridgehead atoms. The van der Waals surface area contributed by atoms with E-state index < -0.39 is 17.3 Å². The molecule has 6 nitrogen and oxygen atoms in total. The van der Waals surface area contributed by atoms with Crippen LogP contribution >= 0.6 is 0 Å². The number of nitrogens with zero attached hydrogens (tertiary/aromatic N) is 1. The fourth-order valence-electron chi connectivity index (χ4n) is 6.67. The summed E-state index contributed by atoms with van der Waals surface area (Å²) in [4.78, 5) is 20.7. The van der Waals surface area contributed by atoms with E-state index in [4.69, 9.17) is 4.74 Å². The fourth-order valence-corrected chi connectivity index (χ4v) is 6.67. The first kappa shape index (κ1) is 23.0. The minimum atomic E-state index is -2.60. The van der Waals surface area contributed by atoms with Gasteiger partial charge in [-0.1, -0.05) is 6.07 Å². The third kappa shape index (κ3) is 3.58. The van der Waals surface area contributed by atoms with Crippen LogP contribution in [0.1, 0.15) is 58.8 Å². The van der Waals surface area contributed by atoms with Crippen molar-refractivity contribution in [2.45, 2.75) is 51.1 Å². The smallest absolute Gasteiger partial charge is 0.336 e. The van der Waals surface area contributed by atoms with Crippen molar-refractivity contribution in [3.05, 3.63) is 65.0 Å². The number of fused-ring (bicyclic) bond motifs is 2. The number of likely N-dealkylation sites (tertiary alicyclic amines) is 1. The lowest BCUT2D eigenvalue weighted by Gasteiger charge is -2.54. The van der Waals surface area contributed by atoms with Crippen molar-refractivity contribution in [1.29, 1.82) is 0 Å². The van der Waals surface area contributed by atoms with E-state index in [-0.39, 0.29) is 24.4 Å². The number of aromatic amines is 2. The zero-order chi connectivity index (χ0) is 25.2. The number of aromatic nitrogens is 2. The SMILES string of the molecule is COc1cc(C)c2[nH]ccc2c1CN1CCC2(C[C@@H]1c1ccc(C(=O)O)c3cc[nH]c13)CC(F)(F)C2. The molecule has 1 spiro atoms. The first-order valence-electron chi connectivity index (χ1n) is 12.3. The number of aromatic carboxylic acids is 1. The first-order valence-corrected chi connectivity index (χ1v) is 12.3. The number of hydrogen-bond donors (Lipinski definition) is 3. The Hall–Kier alpha value is -3.39. The van der Waals surface area contributed by atoms with Gasteiger partial charge in [-0.05, 0) is 67.1 Å². The topological polar surface area (TPSA) is 81.3 Å². The van der Waals surface area contributed by atoms with Crippen LogP contribution in [0.5, 0.6) is 5.75 Å². The van der Waals surface area contributed by atoms with E-state index in [0.29, 0.717) is 31.3 Å². The number of aryl methyl sites for hydroxylation is 1. The Labute approximate surface area is 207 Å². The van der Waals surface area contributed by atoms with Gasteiger partial charge in [-0.2, -0.15) is 0 Å². The van der Waals surface area contributed by atoms with Crippen molar-refractivity contribution in [2.24, 2.45) is 5.41 Å². The number of piperidine rings is 1. The molecule has 2 aromatic heterocycles. The highest BCUT2D eigenvalue weighted by atomic mass is 19.3. The molecule has 1 saturated heterocycles. The van der Waals surface area contributed by atoms with Gasteiger partial charge < -0.3 is 19.8 Å². The number of carbonyl (C=O) groups is 1. The van der Waals surface area contributed by atoms with Gasteiger partial charge in [-0.15, -0.1) is 0 Å². The van der Waals surface area contributed by atoms with Gasteiger partial charge in [-0.3, -0.25) is 4.90 Å². The molecule has 36 heavy (non-hydrogen) atoms. The predicted molar refractivity (Wildman–Crippen MR) is 134 cm³/mol. The Morgan fingerprint density at radius 2 is 1.86 bits per heavy atom. The third-order valence-electron chi connectivity index (χ3n) is 8.30. The number of hydrogen-bond acceptors (Lipinski definition) is 3. The quantitative estimate of drug-likeness (QED) is 0.300. The van der Waals surface area contributed by atoms with Crippen molar-refractivity contribution < 1.29 is 23.4 Å². The zero-order valence-electron chi connectivity index (χ0n) is 20.3. The lowest BCUT2D eigenvalue weighted by molar-refractivity contribution is -0.186. The number of carboxylic acid groups (broad SMARTS) is 1. The van der Waals surface area contributed by atoms with Gasteiger partial charge in [0.2, 0.25) is 5.92 Å². The van der Waals surface area contributed by atoms with Crippen LogP contribution in [-0.4, -0.2) is 45.5 Å². The van der Waals surface area contributed by atoms with Gasteiger partial charge in [0.05, 0.1) is 18.2 Å². The standard InChI is InChI=1S/C28H29F2N3O3/c1-16-11-23(36-2)21(18-6-8-31-24(16)18)13-33-10-7-27(14-28(29,30)15-27)12-22(33)20-4-3-19(26(34)35)17-5-9-32-25(17)20/h3-6,8-9,11,22,31-32H,7,10,12-15H2,1-2H3,(H,34,35)/t22-/m1/s1. The molecule has 2 fully saturated rings. The first-order chi connectivity index (χ1) is 17.2. The predicted octanol–water partition coefficient (Wildman–Crippen LogP) is 6.42. The molecule has 2 aromatic carbocycles. The lowest BCUT2D eigenvalue weighted by Crippen LogP contribution is -2.53. The van der Waals surface area contributed by atoms with E-state index in [2.05, 4.69) is 20.9 Å². The van der Waals surface area contributed by atoms with Crippen molar-refractivity contribution in [3.63, 3.8) is 0 Å². The maximum Gasteiger partial charge on any atom is 0.336 e. The largest absolute Gasteiger partial charge is 0.496 e. The number of alkyl halides is 2. The monoisotopic (exact) mass is 493 g/mol. The molecule has 1 atom stereocenters. The maximum absolute atomic E-state index is 14.1. The number of halogens is 2. The van der Waals surface area contributed by atoms with E-state index >= 15 is 0 Å². The molecule has 3 heterocycles. The van der Waals surface area contributed by atoms with E-state index in [1.165, 1.54) is 0 Å². The Morgan fingerprint density at radius 1 is 1.14 bits per heavy atom. The van der Waals surface area contributed by atoms with Gasteiger partial charge >= 0.3 is 5.97 Å². The summed E-state index contributed by atoms with van der Waals surface area (Å²) in [5.74, 6) is -2.78.